The molecule has 0 aliphatic carbocycles. The highest BCUT2D eigenvalue weighted by atomic mass is 32.2. The fourth-order valence-corrected chi connectivity index (χ4v) is 4.51. The lowest BCUT2D eigenvalue weighted by molar-refractivity contribution is -0.113. The maximum Gasteiger partial charge on any atom is 0.236 e. The van der Waals surface area contributed by atoms with Crippen molar-refractivity contribution in [3.63, 3.8) is 0 Å². The van der Waals surface area contributed by atoms with Crippen LogP contribution in [0.3, 0.4) is 0 Å². The van der Waals surface area contributed by atoms with Gasteiger partial charge in [0.2, 0.25) is 11.0 Å². The summed E-state index contributed by atoms with van der Waals surface area (Å²) in [6.45, 7) is 4.98. The molecule has 0 aliphatic rings. The molecular formula is C15H18N6OS3. The van der Waals surface area contributed by atoms with E-state index in [1.54, 1.807) is 16.8 Å². The van der Waals surface area contributed by atoms with Crippen LogP contribution in [0.25, 0.3) is 11.4 Å². The molecule has 1 amide bonds. The molecule has 10 heteroatoms. The molecule has 1 N–H and O–H groups in total. The first-order chi connectivity index (χ1) is 12.2. The largest absolute Gasteiger partial charge is 0.302 e. The number of rotatable bonds is 8. The molecular weight excluding hydrogens is 376 g/mol. The van der Waals surface area contributed by atoms with Crippen LogP contribution in [-0.4, -0.2) is 36.6 Å². The Labute approximate surface area is 157 Å². The molecule has 0 aromatic carbocycles. The second-order valence-electron chi connectivity index (χ2n) is 5.18. The number of aromatic nitrogens is 5. The zero-order valence-electron chi connectivity index (χ0n) is 13.9. The number of thiophene rings is 1. The number of nitrogens with zero attached hydrogens (tertiary/aromatic N) is 5. The first-order valence-corrected chi connectivity index (χ1v) is 10.7. The summed E-state index contributed by atoms with van der Waals surface area (Å²) < 4.78 is 2.04. The van der Waals surface area contributed by atoms with E-state index < -0.39 is 0 Å². The van der Waals surface area contributed by atoms with E-state index in [9.17, 15) is 4.79 Å². The van der Waals surface area contributed by atoms with Crippen molar-refractivity contribution in [2.24, 2.45) is 0 Å². The van der Waals surface area contributed by atoms with Gasteiger partial charge in [0, 0.05) is 22.4 Å². The van der Waals surface area contributed by atoms with E-state index in [2.05, 4.69) is 51.0 Å². The van der Waals surface area contributed by atoms with Gasteiger partial charge in [0.15, 0.2) is 11.0 Å². The highest BCUT2D eigenvalue weighted by Crippen LogP contribution is 2.28. The monoisotopic (exact) mass is 394 g/mol. The average molecular weight is 395 g/mol. The van der Waals surface area contributed by atoms with Gasteiger partial charge in [0.1, 0.15) is 5.51 Å². The van der Waals surface area contributed by atoms with Crippen molar-refractivity contribution >= 4 is 45.5 Å². The van der Waals surface area contributed by atoms with Crippen LogP contribution in [0.1, 0.15) is 25.1 Å². The Morgan fingerprint density at radius 3 is 2.88 bits per heavy atom. The Hall–Kier alpha value is -1.78. The first kappa shape index (κ1) is 18.0. The molecule has 0 radical (unpaired) electrons. The lowest BCUT2D eigenvalue weighted by Gasteiger charge is -2.06. The molecule has 3 aromatic rings. The molecule has 0 atom stereocenters. The molecule has 0 unspecified atom stereocenters. The lowest BCUT2D eigenvalue weighted by Crippen LogP contribution is -2.14. The number of thioether (sulfide) groups is 1. The number of anilines is 1. The van der Waals surface area contributed by atoms with Crippen LogP contribution in [0.15, 0.2) is 22.1 Å². The highest BCUT2D eigenvalue weighted by molar-refractivity contribution is 7.99. The Kier molecular flexibility index (Phi) is 6.16. The molecule has 3 rings (SSSR count). The minimum Gasteiger partial charge on any atom is -0.302 e. The van der Waals surface area contributed by atoms with Crippen LogP contribution < -0.4 is 5.32 Å². The Bertz CT molecular complexity index is 826. The van der Waals surface area contributed by atoms with E-state index >= 15 is 0 Å². The van der Waals surface area contributed by atoms with Gasteiger partial charge in [-0.05, 0) is 19.4 Å². The summed E-state index contributed by atoms with van der Waals surface area (Å²) in [4.78, 5) is 13.3. The fraction of sp³-hybridized carbons (Fsp3) is 0.400. The van der Waals surface area contributed by atoms with Gasteiger partial charge in [0.25, 0.3) is 0 Å². The molecule has 7 nitrogen and oxygen atoms in total. The number of carbonyl (C=O) groups is 1. The summed E-state index contributed by atoms with van der Waals surface area (Å²) in [6.07, 6.45) is 2.21. The van der Waals surface area contributed by atoms with Crippen molar-refractivity contribution in [3.8, 4) is 11.4 Å². The van der Waals surface area contributed by atoms with E-state index in [1.165, 1.54) is 28.0 Å². The Balaban J connectivity index is 1.67. The van der Waals surface area contributed by atoms with Gasteiger partial charge in [-0.1, -0.05) is 36.4 Å². The Morgan fingerprint density at radius 1 is 1.28 bits per heavy atom. The number of aryl methyl sites for hydroxylation is 1. The normalized spacial score (nSPS) is 11.0. The third-order valence-electron chi connectivity index (χ3n) is 3.38. The molecule has 0 aliphatic heterocycles. The number of carbonyl (C=O) groups excluding carboxylic acids is 1. The lowest BCUT2D eigenvalue weighted by atomic mass is 10.2. The van der Waals surface area contributed by atoms with Crippen LogP contribution in [0.5, 0.6) is 0 Å². The average Bonchev–Trinajstić information content (AvgIpc) is 3.33. The van der Waals surface area contributed by atoms with Gasteiger partial charge in [-0.2, -0.15) is 0 Å². The molecule has 0 fully saturated rings. The first-order valence-electron chi connectivity index (χ1n) is 7.91. The molecule has 25 heavy (non-hydrogen) atoms. The minimum absolute atomic E-state index is 0.130. The molecule has 0 spiro atoms. The van der Waals surface area contributed by atoms with E-state index in [0.29, 0.717) is 5.13 Å². The van der Waals surface area contributed by atoms with E-state index in [1.807, 2.05) is 4.57 Å². The van der Waals surface area contributed by atoms with Crippen molar-refractivity contribution in [2.75, 3.05) is 11.1 Å². The van der Waals surface area contributed by atoms with Gasteiger partial charge in [-0.25, -0.2) is 0 Å². The summed E-state index contributed by atoms with van der Waals surface area (Å²) in [6, 6.07) is 2.18. The maximum atomic E-state index is 12.0. The summed E-state index contributed by atoms with van der Waals surface area (Å²) >= 11 is 4.42. The number of hydrogen-bond acceptors (Lipinski definition) is 8. The fourth-order valence-electron chi connectivity index (χ4n) is 2.28. The van der Waals surface area contributed by atoms with Crippen molar-refractivity contribution in [1.82, 2.24) is 25.0 Å². The zero-order chi connectivity index (χ0) is 17.6. The molecule has 0 saturated carbocycles. The molecule has 0 saturated heterocycles. The molecule has 132 valence electrons. The van der Waals surface area contributed by atoms with Gasteiger partial charge in [-0.15, -0.1) is 31.7 Å². The van der Waals surface area contributed by atoms with Gasteiger partial charge < -0.3 is 4.57 Å². The summed E-state index contributed by atoms with van der Waals surface area (Å²) in [5.74, 6) is 0.977. The van der Waals surface area contributed by atoms with Gasteiger partial charge >= 0.3 is 0 Å². The van der Waals surface area contributed by atoms with Crippen LogP contribution in [0, 0.1) is 0 Å². The predicted octanol–water partition coefficient (Wildman–Crippen LogP) is 3.56. The summed E-state index contributed by atoms with van der Waals surface area (Å²) in [5.41, 5.74) is 2.67. The number of nitrogens with one attached hydrogen (secondary N) is 1. The molecule has 3 aromatic heterocycles. The van der Waals surface area contributed by atoms with Crippen LogP contribution in [0.4, 0.5) is 5.13 Å². The van der Waals surface area contributed by atoms with E-state index in [4.69, 9.17) is 0 Å². The van der Waals surface area contributed by atoms with Crippen LogP contribution in [-0.2, 0) is 17.8 Å². The van der Waals surface area contributed by atoms with Crippen LogP contribution in [0.2, 0.25) is 0 Å². The van der Waals surface area contributed by atoms with Crippen molar-refractivity contribution in [2.45, 2.75) is 38.4 Å². The quantitative estimate of drug-likeness (QED) is 0.588. The standard InChI is InChI=1S/C15H18N6OS3/c1-3-5-11-6-10(7-23-11)13-18-20-15(21(13)4-2)24-8-12(22)17-14-19-16-9-25-14/h6-7,9H,3-5,8H2,1-2H3,(H,17,19,22). The second-order valence-corrected chi connectivity index (χ2v) is 7.95. The SMILES string of the molecule is CCCc1cc(-c2nnc(SCC(=O)Nc3nncs3)n2CC)cs1. The maximum absolute atomic E-state index is 12.0. The van der Waals surface area contributed by atoms with Crippen molar-refractivity contribution in [1.29, 1.82) is 0 Å². The third-order valence-corrected chi connectivity index (χ3v) is 5.95. The summed E-state index contributed by atoms with van der Waals surface area (Å²) in [7, 11) is 0. The smallest absolute Gasteiger partial charge is 0.236 e. The minimum atomic E-state index is -0.130. The summed E-state index contributed by atoms with van der Waals surface area (Å²) in [5, 5.41) is 22.2. The highest BCUT2D eigenvalue weighted by Gasteiger charge is 2.16. The number of hydrogen-bond donors (Lipinski definition) is 1. The number of amides is 1. The predicted molar refractivity (Wildman–Crippen MR) is 102 cm³/mol. The van der Waals surface area contributed by atoms with Crippen molar-refractivity contribution < 1.29 is 4.79 Å². The Morgan fingerprint density at radius 2 is 2.16 bits per heavy atom. The molecule has 3 heterocycles. The third kappa shape index (κ3) is 4.44. The topological polar surface area (TPSA) is 85.6 Å². The van der Waals surface area contributed by atoms with Crippen LogP contribution >= 0.6 is 34.4 Å². The second kappa shape index (κ2) is 8.54. The van der Waals surface area contributed by atoms with E-state index in [0.717, 1.165) is 35.9 Å². The van der Waals surface area contributed by atoms with Crippen molar-refractivity contribution in [3.05, 3.63) is 21.8 Å². The zero-order valence-corrected chi connectivity index (χ0v) is 16.4. The molecule has 0 bridgehead atoms. The van der Waals surface area contributed by atoms with Gasteiger partial charge in [0.05, 0.1) is 5.75 Å². The van der Waals surface area contributed by atoms with Gasteiger partial charge in [-0.3, -0.25) is 10.1 Å². The van der Waals surface area contributed by atoms with E-state index in [-0.39, 0.29) is 11.7 Å².